The fraction of sp³-hybridized carbons (Fsp3) is 0.833. The quantitative estimate of drug-likeness (QED) is 0.449. The van der Waals surface area contributed by atoms with Crippen molar-refractivity contribution in [2.75, 3.05) is 13.6 Å². The summed E-state index contributed by atoms with van der Waals surface area (Å²) in [5.74, 6) is 0.467. The summed E-state index contributed by atoms with van der Waals surface area (Å²) in [6.07, 6.45) is 3.13. The van der Waals surface area contributed by atoms with Crippen molar-refractivity contribution in [2.24, 2.45) is 11.8 Å². The fourth-order valence-corrected chi connectivity index (χ4v) is 3.77. The number of carbonyl (C=O) groups excluding carboxylic acids is 2. The first-order valence-electron chi connectivity index (χ1n) is 6.43. The molecular weight excluding hydrogens is 222 g/mol. The first-order chi connectivity index (χ1) is 8.00. The minimum absolute atomic E-state index is 0.346. The van der Waals surface area contributed by atoms with Crippen LogP contribution in [0.1, 0.15) is 27.1 Å². The number of fused-ring (bicyclic) bond motifs is 1. The molecule has 2 aliphatic rings. The molecule has 0 N–H and O–H groups in total. The molecule has 0 spiro atoms. The van der Waals surface area contributed by atoms with Gasteiger partial charge in [0.15, 0.2) is 6.26 Å². The van der Waals surface area contributed by atoms with Crippen LogP contribution in [0.3, 0.4) is 0 Å². The number of hydrogen-bond acceptors (Lipinski definition) is 4. The Morgan fingerprint density at radius 2 is 2.31 bits per heavy atom. The van der Waals surface area contributed by atoms with Gasteiger partial charge in [0, 0.05) is 11.8 Å². The van der Waals surface area contributed by atoms with Crippen molar-refractivity contribution in [3.8, 4) is 0 Å². The van der Waals surface area contributed by atoms with Crippen molar-refractivity contribution in [2.45, 2.75) is 37.0 Å². The summed E-state index contributed by atoms with van der Waals surface area (Å²) in [6, 6.07) is -0.394. The molecular formula is C12H19NO2S. The highest BCUT2D eigenvalue weighted by Crippen LogP contribution is 2.40. The number of carbonyl (C=O) groups is 2. The number of thiol groups is 1. The fourth-order valence-electron chi connectivity index (χ4n) is 3.22. The van der Waals surface area contributed by atoms with Gasteiger partial charge >= 0.3 is 0 Å². The smallest absolute Gasteiger partial charge is 0.212 e. The van der Waals surface area contributed by atoms with Crippen molar-refractivity contribution in [1.82, 2.24) is 4.90 Å². The van der Waals surface area contributed by atoms with Crippen LogP contribution in [0.15, 0.2) is 0 Å². The molecule has 1 saturated heterocycles. The average molecular weight is 243 g/mol. The van der Waals surface area contributed by atoms with E-state index in [1.54, 1.807) is 0 Å². The number of nitrogens with zero attached hydrogens (tertiary/aromatic N) is 1. The lowest BCUT2D eigenvalue weighted by molar-refractivity contribution is -0.135. The van der Waals surface area contributed by atoms with E-state index in [1.165, 1.54) is 12.8 Å². The molecule has 4 atom stereocenters. The molecule has 16 heavy (non-hydrogen) atoms. The summed E-state index contributed by atoms with van der Waals surface area (Å²) < 4.78 is 6.96. The molecule has 0 radical (unpaired) electrons. The van der Waals surface area contributed by atoms with Gasteiger partial charge in [-0.1, -0.05) is 6.42 Å². The summed E-state index contributed by atoms with van der Waals surface area (Å²) in [5, 5.41) is 0.346. The summed E-state index contributed by atoms with van der Waals surface area (Å²) in [6.45, 7) is 0.853. The first-order valence-corrected chi connectivity index (χ1v) is 6.45. The van der Waals surface area contributed by atoms with Crippen molar-refractivity contribution in [3.05, 3.63) is 0 Å². The van der Waals surface area contributed by atoms with E-state index in [9.17, 15) is 9.59 Å². The van der Waals surface area contributed by atoms with Gasteiger partial charge < -0.3 is 0 Å². The monoisotopic (exact) mass is 243 g/mol. The highest BCUT2D eigenvalue weighted by Gasteiger charge is 2.41. The van der Waals surface area contributed by atoms with Crippen LogP contribution in [-0.2, 0) is 9.59 Å². The number of rotatable bonds is 2. The molecule has 1 aliphatic carbocycles. The molecule has 2 fully saturated rings. The van der Waals surface area contributed by atoms with Gasteiger partial charge in [-0.25, -0.2) is 0 Å². The Balaban J connectivity index is 2.11. The molecule has 0 amide bonds. The molecule has 90 valence electrons. The maximum Gasteiger partial charge on any atom is 0.212 e. The summed E-state index contributed by atoms with van der Waals surface area (Å²) in [4.78, 5) is 24.5. The van der Waals surface area contributed by atoms with Gasteiger partial charge in [0.25, 0.3) is 0 Å². The Morgan fingerprint density at radius 3 is 3.00 bits per heavy atom. The standard InChI is InChI=1S/C12H19NO2S/c1-13-6-8-3-2-4-12(16)9(8)5-10(13)11(15)7-14/h7-10,12,16H,2-6H2,1H3/t8-,9+,10+,12-/m1/s1/i7T. The minimum atomic E-state index is -1.06. The average Bonchev–Trinajstić information content (AvgIpc) is 2.27. The largest absolute Gasteiger partial charge is 0.296 e. The molecule has 0 unspecified atom stereocenters. The summed E-state index contributed by atoms with van der Waals surface area (Å²) >= 11 is 4.61. The first kappa shape index (κ1) is 10.8. The molecule has 4 heteroatoms. The van der Waals surface area contributed by atoms with E-state index in [0.29, 0.717) is 23.5 Å². The Hall–Kier alpha value is -0.350. The van der Waals surface area contributed by atoms with Gasteiger partial charge in [0.05, 0.1) is 6.04 Å². The molecule has 1 saturated carbocycles. The van der Waals surface area contributed by atoms with Crippen LogP contribution >= 0.6 is 12.6 Å². The van der Waals surface area contributed by atoms with Crippen molar-refractivity contribution >= 4 is 24.7 Å². The van der Waals surface area contributed by atoms with Gasteiger partial charge in [-0.15, -0.1) is 0 Å². The van der Waals surface area contributed by atoms with Crippen LogP contribution in [-0.4, -0.2) is 41.8 Å². The van der Waals surface area contributed by atoms with E-state index in [1.807, 2.05) is 11.9 Å². The third kappa shape index (κ3) is 2.18. The highest BCUT2D eigenvalue weighted by molar-refractivity contribution is 7.81. The number of Topliss-reactive ketones (excluding diaryl/α,β-unsaturated/α-hetero) is 1. The Labute approximate surface area is 103 Å². The SMILES string of the molecule is [3H]C(=O)C(=O)[C@@H]1C[C@H]2[C@H](CCC[C@H]2S)CN1C. The molecule has 0 aromatic carbocycles. The molecule has 2 rings (SSSR count). The zero-order chi connectivity index (χ0) is 12.6. The van der Waals surface area contributed by atoms with Gasteiger partial charge in [-0.2, -0.15) is 12.6 Å². The predicted octanol–water partition coefficient (Wildman–Crippen LogP) is 1.17. The number of likely N-dealkylation sites (tertiary alicyclic amines) is 1. The van der Waals surface area contributed by atoms with Crippen LogP contribution in [0.2, 0.25) is 0 Å². The van der Waals surface area contributed by atoms with Crippen molar-refractivity contribution < 1.29 is 11.0 Å². The van der Waals surface area contributed by atoms with E-state index in [4.69, 9.17) is 1.37 Å². The van der Waals surface area contributed by atoms with E-state index < -0.39 is 18.1 Å². The van der Waals surface area contributed by atoms with Crippen LogP contribution in [0.25, 0.3) is 0 Å². The second-order valence-electron chi connectivity index (χ2n) is 5.08. The van der Waals surface area contributed by atoms with E-state index in [0.717, 1.165) is 13.0 Å². The van der Waals surface area contributed by atoms with Gasteiger partial charge in [0.2, 0.25) is 5.78 Å². The Morgan fingerprint density at radius 1 is 1.56 bits per heavy atom. The van der Waals surface area contributed by atoms with Gasteiger partial charge in [-0.05, 0) is 38.1 Å². The summed E-state index contributed by atoms with van der Waals surface area (Å²) in [5.41, 5.74) is 0. The van der Waals surface area contributed by atoms with Gasteiger partial charge in [-0.3, -0.25) is 14.5 Å². The lowest BCUT2D eigenvalue weighted by Gasteiger charge is -2.46. The number of piperidine rings is 1. The molecule has 3 nitrogen and oxygen atoms in total. The second-order valence-corrected chi connectivity index (χ2v) is 5.74. The summed E-state index contributed by atoms with van der Waals surface area (Å²) in [7, 11) is 1.88. The lowest BCUT2D eigenvalue weighted by atomic mass is 9.72. The van der Waals surface area contributed by atoms with Crippen LogP contribution in [0, 0.1) is 11.8 Å². The van der Waals surface area contributed by atoms with E-state index >= 15 is 0 Å². The Kier molecular flexibility index (Phi) is 3.29. The normalized spacial score (nSPS) is 41.0. The zero-order valence-electron chi connectivity index (χ0n) is 10.6. The third-order valence-electron chi connectivity index (χ3n) is 4.13. The molecule has 0 aromatic rings. The van der Waals surface area contributed by atoms with Crippen LogP contribution in [0.5, 0.6) is 0 Å². The zero-order valence-corrected chi connectivity index (χ0v) is 10.5. The minimum Gasteiger partial charge on any atom is -0.296 e. The second kappa shape index (κ2) is 4.88. The molecule has 0 aromatic heterocycles. The van der Waals surface area contributed by atoms with Crippen molar-refractivity contribution in [1.29, 1.82) is 0 Å². The van der Waals surface area contributed by atoms with E-state index in [-0.39, 0.29) is 0 Å². The number of likely N-dealkylation sites (N-methyl/N-ethyl adjacent to an activating group) is 1. The maximum atomic E-state index is 11.7. The topological polar surface area (TPSA) is 37.4 Å². The van der Waals surface area contributed by atoms with Crippen LogP contribution in [0.4, 0.5) is 0 Å². The third-order valence-corrected chi connectivity index (χ3v) is 4.77. The van der Waals surface area contributed by atoms with Crippen molar-refractivity contribution in [3.63, 3.8) is 0 Å². The lowest BCUT2D eigenvalue weighted by Crippen LogP contribution is -2.52. The molecule has 1 heterocycles. The predicted molar refractivity (Wildman–Crippen MR) is 65.7 cm³/mol. The van der Waals surface area contributed by atoms with Gasteiger partial charge in [0.1, 0.15) is 1.37 Å². The highest BCUT2D eigenvalue weighted by atomic mass is 32.1. The number of aldehydes is 1. The number of hydrogen-bond donors (Lipinski definition) is 1. The maximum absolute atomic E-state index is 11.7. The molecule has 0 bridgehead atoms. The van der Waals surface area contributed by atoms with Crippen LogP contribution < -0.4 is 0 Å². The number of ketones is 1. The van der Waals surface area contributed by atoms with E-state index in [2.05, 4.69) is 12.6 Å². The molecule has 1 aliphatic heterocycles. The Bertz CT molecular complexity index is 336.